The largest absolute Gasteiger partial charge is 0.381 e. The van der Waals surface area contributed by atoms with Gasteiger partial charge in [0.25, 0.3) is 0 Å². The molecule has 1 aromatic heterocycles. The maximum absolute atomic E-state index is 12.6. The number of rotatable bonds is 4. The highest BCUT2D eigenvalue weighted by molar-refractivity contribution is 7.15. The van der Waals surface area contributed by atoms with E-state index in [0.717, 1.165) is 89.0 Å². The van der Waals surface area contributed by atoms with Crippen LogP contribution < -0.4 is 10.2 Å². The first kappa shape index (κ1) is 17.2. The van der Waals surface area contributed by atoms with Gasteiger partial charge in [-0.3, -0.25) is 4.79 Å². The second kappa shape index (κ2) is 8.01. The van der Waals surface area contributed by atoms with Gasteiger partial charge in [-0.05, 0) is 31.6 Å². The number of thiazole rings is 1. The van der Waals surface area contributed by atoms with Crippen molar-refractivity contribution in [2.75, 3.05) is 51.0 Å². The third kappa shape index (κ3) is 4.15. The monoisotopic (exact) mass is 365 g/mol. The van der Waals surface area contributed by atoms with Gasteiger partial charge in [0.15, 0.2) is 5.13 Å². The normalized spacial score (nSPS) is 24.8. The highest BCUT2D eigenvalue weighted by Gasteiger charge is 2.29. The van der Waals surface area contributed by atoms with Crippen LogP contribution in [0.2, 0.25) is 0 Å². The third-order valence-corrected chi connectivity index (χ3v) is 6.70. The van der Waals surface area contributed by atoms with E-state index in [2.05, 4.69) is 10.2 Å². The number of morpholine rings is 1. The predicted molar refractivity (Wildman–Crippen MR) is 97.2 cm³/mol. The minimum Gasteiger partial charge on any atom is -0.381 e. The summed E-state index contributed by atoms with van der Waals surface area (Å²) in [5.74, 6) is 0.856. The highest BCUT2D eigenvalue weighted by Crippen LogP contribution is 2.34. The Morgan fingerprint density at radius 1 is 1.16 bits per heavy atom. The van der Waals surface area contributed by atoms with Gasteiger partial charge in [-0.25, -0.2) is 4.98 Å². The summed E-state index contributed by atoms with van der Waals surface area (Å²) in [6.07, 6.45) is 4.83. The Morgan fingerprint density at radius 2 is 1.92 bits per heavy atom. The fourth-order valence-electron chi connectivity index (χ4n) is 3.82. The molecular formula is C18H27N3O3S. The van der Waals surface area contributed by atoms with E-state index >= 15 is 0 Å². The van der Waals surface area contributed by atoms with Crippen LogP contribution in [0.4, 0.5) is 5.13 Å². The second-order valence-corrected chi connectivity index (χ2v) is 8.27. The average Bonchev–Trinajstić information content (AvgIpc) is 3.11. The number of aryl methyl sites for hydroxylation is 1. The van der Waals surface area contributed by atoms with Gasteiger partial charge in [0.2, 0.25) is 5.91 Å². The molecule has 1 atom stereocenters. The van der Waals surface area contributed by atoms with Crippen LogP contribution >= 0.6 is 11.3 Å². The minimum absolute atomic E-state index is 0.0759. The second-order valence-electron chi connectivity index (χ2n) is 7.21. The summed E-state index contributed by atoms with van der Waals surface area (Å²) >= 11 is 1.81. The van der Waals surface area contributed by atoms with Crippen molar-refractivity contribution < 1.29 is 14.3 Å². The van der Waals surface area contributed by atoms with Crippen LogP contribution in [0, 0.1) is 11.8 Å². The van der Waals surface area contributed by atoms with Gasteiger partial charge in [-0.15, -0.1) is 11.3 Å². The van der Waals surface area contributed by atoms with Gasteiger partial charge in [0.1, 0.15) is 0 Å². The lowest BCUT2D eigenvalue weighted by Gasteiger charge is -2.26. The Morgan fingerprint density at radius 3 is 2.72 bits per heavy atom. The molecule has 1 aromatic rings. The predicted octanol–water partition coefficient (Wildman–Crippen LogP) is 1.63. The van der Waals surface area contributed by atoms with E-state index in [4.69, 9.17) is 14.5 Å². The van der Waals surface area contributed by atoms with E-state index < -0.39 is 0 Å². The molecule has 1 aliphatic carbocycles. The first-order valence-electron chi connectivity index (χ1n) is 9.46. The lowest BCUT2D eigenvalue weighted by atomic mass is 9.90. The standard InChI is InChI=1S/C18H27N3O3S/c22-17(19-12-13-3-7-23-8-4-13)14-1-2-16-15(11-14)20-18(25-16)21-5-9-24-10-6-21/h13-14H,1-12H2,(H,19,22). The fourth-order valence-corrected chi connectivity index (χ4v) is 4.97. The number of hydrogen-bond acceptors (Lipinski definition) is 6. The average molecular weight is 365 g/mol. The fraction of sp³-hybridized carbons (Fsp3) is 0.778. The van der Waals surface area contributed by atoms with Gasteiger partial charge >= 0.3 is 0 Å². The highest BCUT2D eigenvalue weighted by atomic mass is 32.1. The van der Waals surface area contributed by atoms with Crippen molar-refractivity contribution in [3.63, 3.8) is 0 Å². The third-order valence-electron chi connectivity index (χ3n) is 5.48. The zero-order valence-electron chi connectivity index (χ0n) is 14.7. The van der Waals surface area contributed by atoms with Gasteiger partial charge in [0.05, 0.1) is 18.9 Å². The van der Waals surface area contributed by atoms with Crippen LogP contribution in [0.5, 0.6) is 0 Å². The molecule has 0 saturated carbocycles. The molecule has 2 saturated heterocycles. The molecule has 138 valence electrons. The summed E-state index contributed by atoms with van der Waals surface area (Å²) in [7, 11) is 0. The van der Waals surface area contributed by atoms with Crippen LogP contribution in [0.15, 0.2) is 0 Å². The van der Waals surface area contributed by atoms with E-state index in [1.807, 2.05) is 0 Å². The van der Waals surface area contributed by atoms with Crippen molar-refractivity contribution in [1.29, 1.82) is 0 Å². The van der Waals surface area contributed by atoms with Crippen molar-refractivity contribution in [1.82, 2.24) is 10.3 Å². The molecule has 1 N–H and O–H groups in total. The van der Waals surface area contributed by atoms with Crippen LogP contribution in [-0.2, 0) is 27.1 Å². The molecule has 6 nitrogen and oxygen atoms in total. The Kier molecular flexibility index (Phi) is 5.53. The van der Waals surface area contributed by atoms with E-state index in [1.165, 1.54) is 4.88 Å². The summed E-state index contributed by atoms with van der Waals surface area (Å²) in [5, 5.41) is 4.29. The summed E-state index contributed by atoms with van der Waals surface area (Å²) in [4.78, 5) is 21.1. The van der Waals surface area contributed by atoms with Gasteiger partial charge < -0.3 is 19.7 Å². The molecule has 2 fully saturated rings. The maximum atomic E-state index is 12.6. The van der Waals surface area contributed by atoms with Gasteiger partial charge in [-0.2, -0.15) is 0 Å². The first-order chi connectivity index (χ1) is 12.3. The van der Waals surface area contributed by atoms with Crippen molar-refractivity contribution in [2.45, 2.75) is 32.1 Å². The molecule has 1 amide bonds. The molecule has 2 aliphatic heterocycles. The molecule has 7 heteroatoms. The van der Waals surface area contributed by atoms with E-state index in [0.29, 0.717) is 5.92 Å². The molecule has 0 spiro atoms. The number of nitrogens with zero attached hydrogens (tertiary/aromatic N) is 2. The number of fused-ring (bicyclic) bond motifs is 1. The van der Waals surface area contributed by atoms with E-state index in [9.17, 15) is 4.79 Å². The number of carbonyl (C=O) groups is 1. The number of amides is 1. The van der Waals surface area contributed by atoms with Crippen molar-refractivity contribution in [3.8, 4) is 0 Å². The number of carbonyl (C=O) groups excluding carboxylic acids is 1. The Balaban J connectivity index is 1.32. The summed E-state index contributed by atoms with van der Waals surface area (Å²) in [6.45, 7) is 5.85. The molecule has 0 radical (unpaired) electrons. The van der Waals surface area contributed by atoms with Crippen LogP contribution in [0.1, 0.15) is 29.8 Å². The quantitative estimate of drug-likeness (QED) is 0.879. The number of aromatic nitrogens is 1. The Bertz CT molecular complexity index is 594. The molecule has 3 aliphatic rings. The molecule has 4 rings (SSSR count). The molecule has 0 aromatic carbocycles. The van der Waals surface area contributed by atoms with Gasteiger partial charge in [-0.1, -0.05) is 0 Å². The van der Waals surface area contributed by atoms with E-state index in [1.54, 1.807) is 11.3 Å². The minimum atomic E-state index is 0.0759. The van der Waals surface area contributed by atoms with Crippen LogP contribution in [-0.4, -0.2) is 57.0 Å². The maximum Gasteiger partial charge on any atom is 0.223 e. The SMILES string of the molecule is O=C(NCC1CCOCC1)C1CCc2sc(N3CCOCC3)nc2C1. The molecule has 0 bridgehead atoms. The lowest BCUT2D eigenvalue weighted by Crippen LogP contribution is -2.38. The van der Waals surface area contributed by atoms with E-state index in [-0.39, 0.29) is 11.8 Å². The topological polar surface area (TPSA) is 63.7 Å². The number of hydrogen-bond donors (Lipinski definition) is 1. The molecule has 25 heavy (non-hydrogen) atoms. The van der Waals surface area contributed by atoms with Crippen LogP contribution in [0.25, 0.3) is 0 Å². The molecule has 3 heterocycles. The molecule has 1 unspecified atom stereocenters. The van der Waals surface area contributed by atoms with Gasteiger partial charge in [0, 0.05) is 50.1 Å². The van der Waals surface area contributed by atoms with Crippen molar-refractivity contribution in [2.24, 2.45) is 11.8 Å². The van der Waals surface area contributed by atoms with Crippen LogP contribution in [0.3, 0.4) is 0 Å². The van der Waals surface area contributed by atoms with Crippen molar-refractivity contribution in [3.05, 3.63) is 10.6 Å². The summed E-state index contributed by atoms with van der Waals surface area (Å²) in [5.41, 5.74) is 1.14. The number of nitrogens with one attached hydrogen (secondary N) is 1. The van der Waals surface area contributed by atoms with Crippen molar-refractivity contribution >= 4 is 22.4 Å². The first-order valence-corrected chi connectivity index (χ1v) is 10.3. The zero-order chi connectivity index (χ0) is 17.1. The Labute approximate surface area is 152 Å². The number of anilines is 1. The summed E-state index contributed by atoms with van der Waals surface area (Å²) < 4.78 is 10.8. The lowest BCUT2D eigenvalue weighted by molar-refractivity contribution is -0.125. The summed E-state index contributed by atoms with van der Waals surface area (Å²) in [6, 6.07) is 0. The Hall–Kier alpha value is -1.18. The molecular weight excluding hydrogens is 338 g/mol. The number of ether oxygens (including phenoxy) is 2. The smallest absolute Gasteiger partial charge is 0.223 e. The zero-order valence-corrected chi connectivity index (χ0v) is 15.5.